The summed E-state index contributed by atoms with van der Waals surface area (Å²) in [6, 6.07) is 6.70. The van der Waals surface area contributed by atoms with Gasteiger partial charge in [0.05, 0.1) is 23.9 Å². The van der Waals surface area contributed by atoms with Crippen LogP contribution in [0.25, 0.3) is 11.3 Å². The quantitative estimate of drug-likeness (QED) is 0.742. The van der Waals surface area contributed by atoms with Crippen LogP contribution in [0, 0.1) is 9.52 Å². The van der Waals surface area contributed by atoms with Crippen molar-refractivity contribution in [2.45, 2.75) is 26.3 Å². The van der Waals surface area contributed by atoms with Gasteiger partial charge in [0.25, 0.3) is 0 Å². The van der Waals surface area contributed by atoms with Crippen molar-refractivity contribution in [2.75, 3.05) is 7.11 Å². The van der Waals surface area contributed by atoms with Crippen molar-refractivity contribution in [3.05, 3.63) is 33.8 Å². The molecule has 102 valence electrons. The lowest BCUT2D eigenvalue weighted by molar-refractivity contribution is 0.356. The average Bonchev–Trinajstić information content (AvgIpc) is 2.70. The minimum atomic E-state index is -0.304. The molecule has 0 atom stereocenters. The number of hydrogen-bond acceptors (Lipinski definition) is 2. The molecule has 0 aliphatic carbocycles. The topological polar surface area (TPSA) is 27.1 Å². The standard InChI is InChI=1S/C14H16FIN2O/c1-14(2,3)18-10(8-12(16)17-18)13-9(15)6-5-7-11(13)19-4/h5-8H,1-4H3. The summed E-state index contributed by atoms with van der Waals surface area (Å²) in [7, 11) is 1.54. The average molecular weight is 374 g/mol. The van der Waals surface area contributed by atoms with Crippen LogP contribution in [0.15, 0.2) is 24.3 Å². The molecular weight excluding hydrogens is 358 g/mol. The van der Waals surface area contributed by atoms with E-state index >= 15 is 0 Å². The summed E-state index contributed by atoms with van der Waals surface area (Å²) < 4.78 is 22.1. The van der Waals surface area contributed by atoms with E-state index in [1.807, 2.05) is 31.5 Å². The van der Waals surface area contributed by atoms with Gasteiger partial charge in [-0.05, 0) is 61.6 Å². The number of methoxy groups -OCH3 is 1. The van der Waals surface area contributed by atoms with E-state index in [0.717, 1.165) is 9.39 Å². The zero-order chi connectivity index (χ0) is 14.2. The van der Waals surface area contributed by atoms with Crippen molar-refractivity contribution in [3.8, 4) is 17.0 Å². The smallest absolute Gasteiger partial charge is 0.136 e. The Morgan fingerprint density at radius 2 is 2.00 bits per heavy atom. The van der Waals surface area contributed by atoms with E-state index in [2.05, 4.69) is 27.7 Å². The van der Waals surface area contributed by atoms with Crippen LogP contribution < -0.4 is 4.74 Å². The van der Waals surface area contributed by atoms with Crippen LogP contribution in [0.5, 0.6) is 5.75 Å². The van der Waals surface area contributed by atoms with Crippen LogP contribution in [-0.2, 0) is 5.54 Å². The summed E-state index contributed by atoms with van der Waals surface area (Å²) >= 11 is 2.13. The minimum Gasteiger partial charge on any atom is -0.496 e. The first-order chi connectivity index (χ1) is 8.84. The third-order valence-corrected chi connectivity index (χ3v) is 3.29. The molecule has 1 aromatic carbocycles. The Morgan fingerprint density at radius 3 is 2.58 bits per heavy atom. The zero-order valence-corrected chi connectivity index (χ0v) is 13.5. The van der Waals surface area contributed by atoms with Crippen LogP contribution in [-0.4, -0.2) is 16.9 Å². The molecule has 0 aliphatic heterocycles. The van der Waals surface area contributed by atoms with E-state index in [4.69, 9.17) is 4.74 Å². The number of nitrogens with zero attached hydrogens (tertiary/aromatic N) is 2. The highest BCUT2D eigenvalue weighted by Gasteiger charge is 2.24. The van der Waals surface area contributed by atoms with Gasteiger partial charge in [-0.2, -0.15) is 5.10 Å². The number of hydrogen-bond donors (Lipinski definition) is 0. The summed E-state index contributed by atoms with van der Waals surface area (Å²) in [4.78, 5) is 0. The van der Waals surface area contributed by atoms with E-state index in [-0.39, 0.29) is 11.4 Å². The molecule has 1 heterocycles. The predicted octanol–water partition coefficient (Wildman–Crippen LogP) is 4.06. The minimum absolute atomic E-state index is 0.230. The van der Waals surface area contributed by atoms with E-state index in [1.165, 1.54) is 6.07 Å². The molecule has 2 rings (SSSR count). The SMILES string of the molecule is COc1cccc(F)c1-c1cc(I)nn1C(C)(C)C. The molecule has 0 saturated heterocycles. The lowest BCUT2D eigenvalue weighted by atomic mass is 10.1. The summed E-state index contributed by atoms with van der Waals surface area (Å²) in [6.07, 6.45) is 0. The molecule has 0 N–H and O–H groups in total. The van der Waals surface area contributed by atoms with Crippen molar-refractivity contribution in [2.24, 2.45) is 0 Å². The molecule has 2 aromatic rings. The maximum Gasteiger partial charge on any atom is 0.136 e. The largest absolute Gasteiger partial charge is 0.496 e. The Kier molecular flexibility index (Phi) is 3.85. The summed E-state index contributed by atoms with van der Waals surface area (Å²) in [6.45, 7) is 6.10. The molecule has 19 heavy (non-hydrogen) atoms. The number of halogens is 2. The molecule has 0 radical (unpaired) electrons. The van der Waals surface area contributed by atoms with Crippen LogP contribution in [0.1, 0.15) is 20.8 Å². The van der Waals surface area contributed by atoms with Gasteiger partial charge in [0.15, 0.2) is 0 Å². The Bertz CT molecular complexity index is 602. The Balaban J connectivity index is 2.73. The van der Waals surface area contributed by atoms with E-state index in [1.54, 1.807) is 19.2 Å². The second-order valence-electron chi connectivity index (χ2n) is 5.25. The normalized spacial score (nSPS) is 11.7. The van der Waals surface area contributed by atoms with Gasteiger partial charge in [0.2, 0.25) is 0 Å². The fourth-order valence-corrected chi connectivity index (χ4v) is 2.48. The van der Waals surface area contributed by atoms with Gasteiger partial charge in [-0.3, -0.25) is 4.68 Å². The lowest BCUT2D eigenvalue weighted by Gasteiger charge is -2.23. The molecule has 0 unspecified atom stereocenters. The van der Waals surface area contributed by atoms with Crippen molar-refractivity contribution >= 4 is 22.6 Å². The lowest BCUT2D eigenvalue weighted by Crippen LogP contribution is -2.24. The van der Waals surface area contributed by atoms with Gasteiger partial charge in [0, 0.05) is 0 Å². The summed E-state index contributed by atoms with van der Waals surface area (Å²) in [5, 5.41) is 4.46. The highest BCUT2D eigenvalue weighted by molar-refractivity contribution is 14.1. The van der Waals surface area contributed by atoms with Gasteiger partial charge in [0.1, 0.15) is 15.3 Å². The molecule has 1 aromatic heterocycles. The molecule has 3 nitrogen and oxygen atoms in total. The molecule has 0 amide bonds. The van der Waals surface area contributed by atoms with Gasteiger partial charge >= 0.3 is 0 Å². The third kappa shape index (κ3) is 2.75. The van der Waals surface area contributed by atoms with E-state index < -0.39 is 0 Å². The van der Waals surface area contributed by atoms with E-state index in [9.17, 15) is 4.39 Å². The van der Waals surface area contributed by atoms with Crippen molar-refractivity contribution in [1.29, 1.82) is 0 Å². The number of rotatable bonds is 2. The van der Waals surface area contributed by atoms with Crippen LogP contribution >= 0.6 is 22.6 Å². The fourth-order valence-electron chi connectivity index (χ4n) is 1.96. The summed E-state index contributed by atoms with van der Waals surface area (Å²) in [5.41, 5.74) is 0.952. The summed E-state index contributed by atoms with van der Waals surface area (Å²) in [5.74, 6) is 0.211. The van der Waals surface area contributed by atoms with Gasteiger partial charge in [-0.15, -0.1) is 0 Å². The van der Waals surface area contributed by atoms with Crippen molar-refractivity contribution in [1.82, 2.24) is 9.78 Å². The molecule has 0 aliphatic rings. The third-order valence-electron chi connectivity index (χ3n) is 2.77. The maximum atomic E-state index is 14.2. The Morgan fingerprint density at radius 1 is 1.32 bits per heavy atom. The first-order valence-electron chi connectivity index (χ1n) is 5.93. The molecule has 0 saturated carbocycles. The molecular formula is C14H16FIN2O. The molecule has 0 fully saturated rings. The maximum absolute atomic E-state index is 14.2. The van der Waals surface area contributed by atoms with Crippen molar-refractivity contribution in [3.63, 3.8) is 0 Å². The van der Waals surface area contributed by atoms with Crippen LogP contribution in [0.3, 0.4) is 0 Å². The first-order valence-corrected chi connectivity index (χ1v) is 7.01. The van der Waals surface area contributed by atoms with Crippen molar-refractivity contribution < 1.29 is 9.13 Å². The second-order valence-corrected chi connectivity index (χ2v) is 6.36. The molecule has 5 heteroatoms. The highest BCUT2D eigenvalue weighted by atomic mass is 127. The van der Waals surface area contributed by atoms with Gasteiger partial charge in [-0.1, -0.05) is 6.07 Å². The molecule has 0 bridgehead atoms. The van der Waals surface area contributed by atoms with Crippen LogP contribution in [0.4, 0.5) is 4.39 Å². The first kappa shape index (κ1) is 14.3. The molecule has 0 spiro atoms. The van der Waals surface area contributed by atoms with Crippen LogP contribution in [0.2, 0.25) is 0 Å². The second kappa shape index (κ2) is 5.11. The van der Waals surface area contributed by atoms with E-state index in [0.29, 0.717) is 11.3 Å². The number of aromatic nitrogens is 2. The highest BCUT2D eigenvalue weighted by Crippen LogP contribution is 2.35. The van der Waals surface area contributed by atoms with Gasteiger partial charge < -0.3 is 4.74 Å². The number of benzene rings is 1. The monoisotopic (exact) mass is 374 g/mol. The fraction of sp³-hybridized carbons (Fsp3) is 0.357. The zero-order valence-electron chi connectivity index (χ0n) is 11.4. The van der Waals surface area contributed by atoms with Gasteiger partial charge in [-0.25, -0.2) is 4.39 Å². The Hall–Kier alpha value is -1.11. The predicted molar refractivity (Wildman–Crippen MR) is 81.9 cm³/mol. The number of ether oxygens (including phenoxy) is 1. The Labute approximate surface area is 125 Å².